The molecule has 31 heavy (non-hydrogen) atoms. The minimum Gasteiger partial charge on any atom is -0.305 e. The maximum atomic E-state index is 13.5. The van der Waals surface area contributed by atoms with Crippen molar-refractivity contribution in [1.29, 1.82) is 0 Å². The first kappa shape index (κ1) is 18.9. The van der Waals surface area contributed by atoms with Gasteiger partial charge >= 0.3 is 0 Å². The average Bonchev–Trinajstić information content (AvgIpc) is 3.24. The minimum absolute atomic E-state index is 0.0314. The maximum Gasteiger partial charge on any atom is 0.159 e. The summed E-state index contributed by atoms with van der Waals surface area (Å²) < 4.78 is 15.5. The Balaban J connectivity index is 1.73. The highest BCUT2D eigenvalue weighted by atomic mass is 19.1. The molecule has 2 aromatic heterocycles. The molecule has 0 unspecified atom stereocenters. The first-order valence-electron chi connectivity index (χ1n) is 10.0. The Hall–Kier alpha value is -4.05. The number of carbonyl (C=O) groups is 1. The molecule has 4 heteroatoms. The molecule has 0 radical (unpaired) electrons. The standard InChI is InChI=1S/C27H19FN2O/c1-18(31)19-7-9-21(10-8-19)25-15-23(20-11-13-24(28)14-12-20)16-30-17-26(29-27(25)30)22-5-3-2-4-6-22/h2-17H,1H3. The van der Waals surface area contributed by atoms with Crippen LogP contribution in [0.4, 0.5) is 4.39 Å². The highest BCUT2D eigenvalue weighted by Crippen LogP contribution is 2.32. The van der Waals surface area contributed by atoms with Crippen LogP contribution in [0, 0.1) is 5.82 Å². The maximum absolute atomic E-state index is 13.5. The predicted octanol–water partition coefficient (Wildman–Crippen LogP) is 6.68. The van der Waals surface area contributed by atoms with Crippen molar-refractivity contribution in [2.24, 2.45) is 0 Å². The van der Waals surface area contributed by atoms with Gasteiger partial charge in [0.25, 0.3) is 0 Å². The van der Waals surface area contributed by atoms with Gasteiger partial charge in [-0.25, -0.2) is 9.37 Å². The van der Waals surface area contributed by atoms with Crippen LogP contribution in [-0.2, 0) is 0 Å². The summed E-state index contributed by atoms with van der Waals surface area (Å²) in [6.07, 6.45) is 4.01. The predicted molar refractivity (Wildman–Crippen MR) is 121 cm³/mol. The quantitative estimate of drug-likeness (QED) is 0.312. The van der Waals surface area contributed by atoms with Gasteiger partial charge in [-0.05, 0) is 41.8 Å². The lowest BCUT2D eigenvalue weighted by atomic mass is 10.00. The van der Waals surface area contributed by atoms with Crippen LogP contribution in [0.3, 0.4) is 0 Å². The van der Waals surface area contributed by atoms with Crippen LogP contribution in [0.5, 0.6) is 0 Å². The summed E-state index contributed by atoms with van der Waals surface area (Å²) >= 11 is 0. The molecular formula is C27H19FN2O. The van der Waals surface area contributed by atoms with Gasteiger partial charge in [-0.2, -0.15) is 0 Å². The number of hydrogen-bond acceptors (Lipinski definition) is 2. The second kappa shape index (κ2) is 7.65. The lowest BCUT2D eigenvalue weighted by Gasteiger charge is -2.09. The number of aromatic nitrogens is 2. The van der Waals surface area contributed by atoms with Crippen LogP contribution in [0.15, 0.2) is 97.3 Å². The van der Waals surface area contributed by atoms with Crippen LogP contribution >= 0.6 is 0 Å². The van der Waals surface area contributed by atoms with E-state index < -0.39 is 0 Å². The number of pyridine rings is 1. The van der Waals surface area contributed by atoms with Gasteiger partial charge in [-0.3, -0.25) is 4.79 Å². The van der Waals surface area contributed by atoms with E-state index in [1.807, 2.05) is 71.4 Å². The van der Waals surface area contributed by atoms with Gasteiger partial charge in [0.2, 0.25) is 0 Å². The van der Waals surface area contributed by atoms with Crippen molar-refractivity contribution in [3.63, 3.8) is 0 Å². The number of fused-ring (bicyclic) bond motifs is 1. The molecule has 150 valence electrons. The Morgan fingerprint density at radius 3 is 2.13 bits per heavy atom. The van der Waals surface area contributed by atoms with E-state index in [4.69, 9.17) is 4.98 Å². The third kappa shape index (κ3) is 3.64. The van der Waals surface area contributed by atoms with Gasteiger partial charge in [0, 0.05) is 29.1 Å². The van der Waals surface area contributed by atoms with Crippen LogP contribution in [0.2, 0.25) is 0 Å². The fourth-order valence-electron chi connectivity index (χ4n) is 3.74. The molecule has 0 bridgehead atoms. The third-order valence-electron chi connectivity index (χ3n) is 5.40. The van der Waals surface area contributed by atoms with E-state index in [0.29, 0.717) is 5.56 Å². The van der Waals surface area contributed by atoms with Crippen molar-refractivity contribution in [3.05, 3.63) is 109 Å². The first-order chi connectivity index (χ1) is 15.1. The first-order valence-corrected chi connectivity index (χ1v) is 10.0. The lowest BCUT2D eigenvalue weighted by Crippen LogP contribution is -1.93. The summed E-state index contributed by atoms with van der Waals surface area (Å²) in [5.41, 5.74) is 7.17. The average molecular weight is 406 g/mol. The smallest absolute Gasteiger partial charge is 0.159 e. The SMILES string of the molecule is CC(=O)c1ccc(-c2cc(-c3ccc(F)cc3)cn3cc(-c4ccccc4)nc23)cc1. The molecular weight excluding hydrogens is 387 g/mol. The van der Waals surface area contributed by atoms with Crippen molar-refractivity contribution >= 4 is 11.4 Å². The summed E-state index contributed by atoms with van der Waals surface area (Å²) in [6, 6.07) is 26.1. The second-order valence-electron chi connectivity index (χ2n) is 7.51. The second-order valence-corrected chi connectivity index (χ2v) is 7.51. The number of imidazole rings is 1. The van der Waals surface area contributed by atoms with Crippen LogP contribution < -0.4 is 0 Å². The normalized spacial score (nSPS) is 11.0. The Bertz CT molecular complexity index is 1390. The summed E-state index contributed by atoms with van der Waals surface area (Å²) in [6.45, 7) is 1.56. The molecule has 5 rings (SSSR count). The summed E-state index contributed by atoms with van der Waals surface area (Å²) in [4.78, 5) is 16.6. The third-order valence-corrected chi connectivity index (χ3v) is 5.40. The molecule has 0 saturated heterocycles. The van der Waals surface area contributed by atoms with Gasteiger partial charge in [0.15, 0.2) is 5.78 Å². The Morgan fingerprint density at radius 1 is 0.774 bits per heavy atom. The fourth-order valence-corrected chi connectivity index (χ4v) is 3.74. The van der Waals surface area contributed by atoms with Crippen LogP contribution in [0.1, 0.15) is 17.3 Å². The van der Waals surface area contributed by atoms with Crippen molar-refractivity contribution in [2.75, 3.05) is 0 Å². The number of nitrogens with zero attached hydrogens (tertiary/aromatic N) is 2. The number of Topliss-reactive ketones (excluding diaryl/α,β-unsaturated/α-hetero) is 1. The number of ketones is 1. The van der Waals surface area contributed by atoms with E-state index in [1.54, 1.807) is 19.1 Å². The molecule has 0 saturated carbocycles. The monoisotopic (exact) mass is 406 g/mol. The minimum atomic E-state index is -0.265. The zero-order valence-electron chi connectivity index (χ0n) is 16.9. The number of carbonyl (C=O) groups excluding carboxylic acids is 1. The van der Waals surface area contributed by atoms with E-state index in [2.05, 4.69) is 6.07 Å². The van der Waals surface area contributed by atoms with Crippen molar-refractivity contribution in [3.8, 4) is 33.5 Å². The molecule has 0 spiro atoms. The highest BCUT2D eigenvalue weighted by molar-refractivity contribution is 5.95. The van der Waals surface area contributed by atoms with E-state index in [9.17, 15) is 9.18 Å². The molecule has 3 nitrogen and oxygen atoms in total. The summed E-state index contributed by atoms with van der Waals surface area (Å²) in [5, 5.41) is 0. The van der Waals surface area contributed by atoms with Gasteiger partial charge in [0.05, 0.1) is 5.69 Å². The topological polar surface area (TPSA) is 34.4 Å². The fraction of sp³-hybridized carbons (Fsp3) is 0.0370. The zero-order valence-corrected chi connectivity index (χ0v) is 16.9. The molecule has 3 aromatic carbocycles. The number of hydrogen-bond donors (Lipinski definition) is 0. The largest absolute Gasteiger partial charge is 0.305 e. The van der Waals surface area contributed by atoms with Gasteiger partial charge in [-0.15, -0.1) is 0 Å². The van der Waals surface area contributed by atoms with Crippen LogP contribution in [0.25, 0.3) is 39.2 Å². The number of rotatable bonds is 4. The van der Waals surface area contributed by atoms with Gasteiger partial charge in [0.1, 0.15) is 11.5 Å². The Morgan fingerprint density at radius 2 is 1.45 bits per heavy atom. The number of benzene rings is 3. The summed E-state index contributed by atoms with van der Waals surface area (Å²) in [5.74, 6) is -0.234. The summed E-state index contributed by atoms with van der Waals surface area (Å²) in [7, 11) is 0. The molecule has 0 aliphatic carbocycles. The highest BCUT2D eigenvalue weighted by Gasteiger charge is 2.13. The zero-order chi connectivity index (χ0) is 21.4. The molecule has 0 atom stereocenters. The molecule has 0 fully saturated rings. The van der Waals surface area contributed by atoms with Gasteiger partial charge < -0.3 is 4.40 Å². The van der Waals surface area contributed by atoms with Crippen molar-refractivity contribution < 1.29 is 9.18 Å². The molecule has 5 aromatic rings. The molecule has 0 amide bonds. The molecule has 2 heterocycles. The van der Waals surface area contributed by atoms with Gasteiger partial charge in [-0.1, -0.05) is 66.7 Å². The van der Waals surface area contributed by atoms with Crippen LogP contribution in [-0.4, -0.2) is 15.2 Å². The number of halogens is 1. The van der Waals surface area contributed by atoms with E-state index >= 15 is 0 Å². The molecule has 0 aliphatic rings. The van der Waals surface area contributed by atoms with E-state index in [1.165, 1.54) is 12.1 Å². The Kier molecular flexibility index (Phi) is 4.68. The Labute approximate surface area is 179 Å². The van der Waals surface area contributed by atoms with E-state index in [0.717, 1.165) is 39.2 Å². The van der Waals surface area contributed by atoms with Crippen molar-refractivity contribution in [1.82, 2.24) is 9.38 Å². The molecule has 0 aliphatic heterocycles. The lowest BCUT2D eigenvalue weighted by molar-refractivity contribution is 0.101. The van der Waals surface area contributed by atoms with E-state index in [-0.39, 0.29) is 11.6 Å². The molecule has 0 N–H and O–H groups in total. The van der Waals surface area contributed by atoms with Crippen molar-refractivity contribution in [2.45, 2.75) is 6.92 Å².